The average Bonchev–Trinajstić information content (AvgIpc) is 2.37. The standard InChI is InChI=1S/C12H13BrClNO3/c1-3-9(13)11(16)15-10-6-7(14)4-5-8(10)12(17)18-2/h4-6,9H,3H2,1-2H3,(H,15,16). The first-order valence-corrected chi connectivity index (χ1v) is 6.61. The summed E-state index contributed by atoms with van der Waals surface area (Å²) in [6, 6.07) is 4.59. The van der Waals surface area contributed by atoms with Crippen LogP contribution in [0.5, 0.6) is 0 Å². The van der Waals surface area contributed by atoms with E-state index in [0.717, 1.165) is 0 Å². The number of halogens is 2. The van der Waals surface area contributed by atoms with E-state index in [9.17, 15) is 9.59 Å². The van der Waals surface area contributed by atoms with Crippen LogP contribution in [0.15, 0.2) is 18.2 Å². The summed E-state index contributed by atoms with van der Waals surface area (Å²) in [4.78, 5) is 23.0. The van der Waals surface area contributed by atoms with E-state index in [4.69, 9.17) is 11.6 Å². The van der Waals surface area contributed by atoms with Gasteiger partial charge in [0.2, 0.25) is 5.91 Å². The molecular formula is C12H13BrClNO3. The van der Waals surface area contributed by atoms with Gasteiger partial charge in [0.15, 0.2) is 0 Å². The largest absolute Gasteiger partial charge is 0.465 e. The van der Waals surface area contributed by atoms with Crippen molar-refractivity contribution in [2.45, 2.75) is 18.2 Å². The summed E-state index contributed by atoms with van der Waals surface area (Å²) in [6.45, 7) is 1.87. The first kappa shape index (κ1) is 15.0. The fourth-order valence-electron chi connectivity index (χ4n) is 1.30. The molecule has 0 spiro atoms. The van der Waals surface area contributed by atoms with E-state index in [1.54, 1.807) is 6.07 Å². The van der Waals surface area contributed by atoms with E-state index in [1.165, 1.54) is 19.2 Å². The maximum Gasteiger partial charge on any atom is 0.339 e. The van der Waals surface area contributed by atoms with E-state index in [0.29, 0.717) is 17.1 Å². The van der Waals surface area contributed by atoms with Gasteiger partial charge in [-0.1, -0.05) is 34.5 Å². The summed E-state index contributed by atoms with van der Waals surface area (Å²) in [5, 5.41) is 3.08. The summed E-state index contributed by atoms with van der Waals surface area (Å²) >= 11 is 9.08. The van der Waals surface area contributed by atoms with Gasteiger partial charge in [-0.15, -0.1) is 0 Å². The van der Waals surface area contributed by atoms with Crippen molar-refractivity contribution in [3.8, 4) is 0 Å². The Balaban J connectivity index is 3.03. The van der Waals surface area contributed by atoms with Crippen molar-refractivity contribution in [2.24, 2.45) is 0 Å². The van der Waals surface area contributed by atoms with Crippen molar-refractivity contribution in [1.82, 2.24) is 0 Å². The second-order valence-electron chi connectivity index (χ2n) is 3.55. The molecule has 6 heteroatoms. The van der Waals surface area contributed by atoms with Gasteiger partial charge in [0, 0.05) is 5.02 Å². The van der Waals surface area contributed by atoms with Crippen LogP contribution in [0, 0.1) is 0 Å². The number of nitrogens with one attached hydrogen (secondary N) is 1. The number of hydrogen-bond donors (Lipinski definition) is 1. The monoisotopic (exact) mass is 333 g/mol. The van der Waals surface area contributed by atoms with Crippen molar-refractivity contribution in [1.29, 1.82) is 0 Å². The van der Waals surface area contributed by atoms with Gasteiger partial charge in [0.25, 0.3) is 0 Å². The normalized spacial score (nSPS) is 11.8. The molecule has 0 saturated carbocycles. The third-order valence-electron chi connectivity index (χ3n) is 2.29. The molecule has 98 valence electrons. The first-order chi connectivity index (χ1) is 8.49. The summed E-state index contributed by atoms with van der Waals surface area (Å²) in [5.41, 5.74) is 0.614. The minimum Gasteiger partial charge on any atom is -0.465 e. The fourth-order valence-corrected chi connectivity index (χ4v) is 1.59. The summed E-state index contributed by atoms with van der Waals surface area (Å²) < 4.78 is 4.64. The van der Waals surface area contributed by atoms with E-state index in [-0.39, 0.29) is 16.3 Å². The highest BCUT2D eigenvalue weighted by atomic mass is 79.9. The Morgan fingerprint density at radius 2 is 2.17 bits per heavy atom. The number of methoxy groups -OCH3 is 1. The summed E-state index contributed by atoms with van der Waals surface area (Å²) in [6.07, 6.45) is 0.639. The second-order valence-corrected chi connectivity index (χ2v) is 5.09. The first-order valence-electron chi connectivity index (χ1n) is 5.32. The molecule has 1 aromatic carbocycles. The van der Waals surface area contributed by atoms with Gasteiger partial charge >= 0.3 is 5.97 Å². The Hall–Kier alpha value is -1.07. The van der Waals surface area contributed by atoms with Crippen LogP contribution in [0.3, 0.4) is 0 Å². The zero-order chi connectivity index (χ0) is 13.7. The molecule has 1 atom stereocenters. The van der Waals surface area contributed by atoms with E-state index in [1.807, 2.05) is 6.92 Å². The van der Waals surface area contributed by atoms with Gasteiger partial charge in [0.1, 0.15) is 0 Å². The molecule has 1 aromatic rings. The topological polar surface area (TPSA) is 55.4 Å². The van der Waals surface area contributed by atoms with Crippen molar-refractivity contribution >= 4 is 45.1 Å². The van der Waals surface area contributed by atoms with Crippen LogP contribution >= 0.6 is 27.5 Å². The molecule has 0 heterocycles. The van der Waals surface area contributed by atoms with E-state index >= 15 is 0 Å². The van der Waals surface area contributed by atoms with Crippen molar-refractivity contribution in [2.75, 3.05) is 12.4 Å². The molecule has 0 aliphatic carbocycles. The lowest BCUT2D eigenvalue weighted by Gasteiger charge is -2.12. The minimum absolute atomic E-state index is 0.232. The number of amides is 1. The Morgan fingerprint density at radius 1 is 1.50 bits per heavy atom. The highest BCUT2D eigenvalue weighted by Gasteiger charge is 2.17. The van der Waals surface area contributed by atoms with Gasteiger partial charge in [-0.2, -0.15) is 0 Å². The van der Waals surface area contributed by atoms with Gasteiger partial charge in [-0.25, -0.2) is 4.79 Å². The SMILES string of the molecule is CCC(Br)C(=O)Nc1cc(Cl)ccc1C(=O)OC. The lowest BCUT2D eigenvalue weighted by molar-refractivity contribution is -0.115. The molecule has 1 rings (SSSR count). The number of carbonyl (C=O) groups excluding carboxylic acids is 2. The van der Waals surface area contributed by atoms with E-state index in [2.05, 4.69) is 26.0 Å². The highest BCUT2D eigenvalue weighted by molar-refractivity contribution is 9.10. The molecule has 1 N–H and O–H groups in total. The maximum absolute atomic E-state index is 11.8. The van der Waals surface area contributed by atoms with Gasteiger partial charge in [0.05, 0.1) is 23.2 Å². The summed E-state index contributed by atoms with van der Waals surface area (Å²) in [5.74, 6) is -0.755. The average molecular weight is 335 g/mol. The number of ether oxygens (including phenoxy) is 1. The molecule has 1 unspecified atom stereocenters. The Morgan fingerprint density at radius 3 is 2.72 bits per heavy atom. The minimum atomic E-state index is -0.524. The number of carbonyl (C=O) groups is 2. The zero-order valence-corrected chi connectivity index (χ0v) is 12.3. The second kappa shape index (κ2) is 6.75. The number of hydrogen-bond acceptors (Lipinski definition) is 3. The Kier molecular flexibility index (Phi) is 5.62. The van der Waals surface area contributed by atoms with Gasteiger partial charge < -0.3 is 10.1 Å². The Labute approximate surface area is 119 Å². The number of rotatable bonds is 4. The lowest BCUT2D eigenvalue weighted by Crippen LogP contribution is -2.23. The molecule has 0 aliphatic rings. The van der Waals surface area contributed by atoms with Crippen LogP contribution in [0.4, 0.5) is 5.69 Å². The lowest BCUT2D eigenvalue weighted by atomic mass is 10.1. The van der Waals surface area contributed by atoms with Gasteiger partial charge in [-0.05, 0) is 24.6 Å². The van der Waals surface area contributed by atoms with Gasteiger partial charge in [-0.3, -0.25) is 4.79 Å². The molecule has 0 saturated heterocycles. The third-order valence-corrected chi connectivity index (χ3v) is 3.59. The van der Waals surface area contributed by atoms with Crippen LogP contribution in [0.2, 0.25) is 5.02 Å². The molecule has 0 aliphatic heterocycles. The molecule has 0 aromatic heterocycles. The smallest absolute Gasteiger partial charge is 0.339 e. The Bertz CT molecular complexity index is 465. The van der Waals surface area contributed by atoms with Crippen molar-refractivity contribution in [3.05, 3.63) is 28.8 Å². The molecule has 4 nitrogen and oxygen atoms in total. The number of alkyl halides is 1. The highest BCUT2D eigenvalue weighted by Crippen LogP contribution is 2.22. The number of anilines is 1. The molecule has 1 amide bonds. The zero-order valence-electron chi connectivity index (χ0n) is 10.00. The number of esters is 1. The molecule has 0 radical (unpaired) electrons. The van der Waals surface area contributed by atoms with Crippen LogP contribution in [-0.4, -0.2) is 23.8 Å². The quantitative estimate of drug-likeness (QED) is 0.679. The summed E-state index contributed by atoms with van der Waals surface area (Å²) in [7, 11) is 1.28. The predicted molar refractivity (Wildman–Crippen MR) is 74.4 cm³/mol. The number of benzene rings is 1. The van der Waals surface area contributed by atoms with E-state index < -0.39 is 5.97 Å². The molecule has 18 heavy (non-hydrogen) atoms. The van der Waals surface area contributed by atoms with Crippen LogP contribution in [0.1, 0.15) is 23.7 Å². The van der Waals surface area contributed by atoms with Crippen LogP contribution in [0.25, 0.3) is 0 Å². The van der Waals surface area contributed by atoms with Crippen LogP contribution in [-0.2, 0) is 9.53 Å². The van der Waals surface area contributed by atoms with Crippen molar-refractivity contribution in [3.63, 3.8) is 0 Å². The molecule has 0 fully saturated rings. The fraction of sp³-hybridized carbons (Fsp3) is 0.333. The van der Waals surface area contributed by atoms with Crippen molar-refractivity contribution < 1.29 is 14.3 Å². The predicted octanol–water partition coefficient (Wildman–Crippen LogP) is 3.24. The molecule has 0 bridgehead atoms. The third kappa shape index (κ3) is 3.71. The maximum atomic E-state index is 11.8. The molecular weight excluding hydrogens is 321 g/mol. The van der Waals surface area contributed by atoms with Crippen LogP contribution < -0.4 is 5.32 Å².